The molecule has 1 aromatic heterocycles. The van der Waals surface area contributed by atoms with Gasteiger partial charge in [-0.05, 0) is 0 Å². The molecule has 2 aliphatic heterocycles. The molecule has 18 heavy (non-hydrogen) atoms. The Morgan fingerprint density at radius 2 is 2.11 bits per heavy atom. The summed E-state index contributed by atoms with van der Waals surface area (Å²) in [4.78, 5) is 19.3. The van der Waals surface area contributed by atoms with Gasteiger partial charge in [0.2, 0.25) is 5.95 Å². The average molecular weight is 266 g/mol. The Bertz CT molecular complexity index is 508. The predicted molar refractivity (Wildman–Crippen MR) is 74.4 cm³/mol. The van der Waals surface area contributed by atoms with Crippen molar-refractivity contribution >= 4 is 17.7 Å². The van der Waals surface area contributed by atoms with E-state index in [1.807, 2.05) is 18.8 Å². The highest BCUT2D eigenvalue weighted by molar-refractivity contribution is 7.99. The van der Waals surface area contributed by atoms with E-state index < -0.39 is 0 Å². The monoisotopic (exact) mass is 266 g/mol. The number of rotatable bonds is 1. The quantitative estimate of drug-likeness (QED) is 0.774. The van der Waals surface area contributed by atoms with E-state index >= 15 is 0 Å². The predicted octanol–water partition coefficient (Wildman–Crippen LogP) is -0.0208. The first kappa shape index (κ1) is 12.0. The lowest BCUT2D eigenvalue weighted by Crippen LogP contribution is -2.41. The average Bonchev–Trinajstić information content (AvgIpc) is 2.44. The van der Waals surface area contributed by atoms with Crippen LogP contribution in [0.4, 0.5) is 5.95 Å². The molecule has 1 N–H and O–H groups in total. The molecule has 0 atom stereocenters. The Hall–Kier alpha value is -1.01. The van der Waals surface area contributed by atoms with Gasteiger partial charge < -0.3 is 10.2 Å². The van der Waals surface area contributed by atoms with Crippen molar-refractivity contribution < 1.29 is 0 Å². The summed E-state index contributed by atoms with van der Waals surface area (Å²) in [6.07, 6.45) is 0.862. The van der Waals surface area contributed by atoms with Gasteiger partial charge in [0.1, 0.15) is 0 Å². The summed E-state index contributed by atoms with van der Waals surface area (Å²) < 4.78 is 1.71. The molecule has 1 saturated heterocycles. The molecular formula is C12H18N4OS. The van der Waals surface area contributed by atoms with E-state index in [-0.39, 0.29) is 5.56 Å². The maximum atomic E-state index is 12.3. The molecule has 5 nitrogen and oxygen atoms in total. The molecule has 98 valence electrons. The van der Waals surface area contributed by atoms with Crippen molar-refractivity contribution in [2.24, 2.45) is 7.05 Å². The zero-order valence-electron chi connectivity index (χ0n) is 10.6. The fourth-order valence-electron chi connectivity index (χ4n) is 2.53. The third kappa shape index (κ3) is 2.03. The molecule has 1 fully saturated rings. The molecule has 2 aliphatic rings. The number of hydrogen-bond acceptors (Lipinski definition) is 5. The number of nitrogens with one attached hydrogen (secondary N) is 1. The highest BCUT2D eigenvalue weighted by Gasteiger charge is 2.21. The van der Waals surface area contributed by atoms with E-state index in [0.29, 0.717) is 6.54 Å². The fourth-order valence-corrected chi connectivity index (χ4v) is 3.43. The van der Waals surface area contributed by atoms with Gasteiger partial charge in [-0.1, -0.05) is 0 Å². The minimum Gasteiger partial charge on any atom is -0.341 e. The zero-order chi connectivity index (χ0) is 12.5. The second-order valence-corrected chi connectivity index (χ2v) is 5.95. The van der Waals surface area contributed by atoms with E-state index in [0.717, 1.165) is 54.8 Å². The lowest BCUT2D eigenvalue weighted by molar-refractivity contribution is 0.600. The fraction of sp³-hybridized carbons (Fsp3) is 0.667. The highest BCUT2D eigenvalue weighted by Crippen LogP contribution is 2.18. The second kappa shape index (κ2) is 4.93. The molecule has 6 heteroatoms. The van der Waals surface area contributed by atoms with Crippen LogP contribution >= 0.6 is 11.8 Å². The number of fused-ring (bicyclic) bond motifs is 1. The van der Waals surface area contributed by atoms with Crippen LogP contribution in [0.25, 0.3) is 0 Å². The van der Waals surface area contributed by atoms with Crippen molar-refractivity contribution in [3.8, 4) is 0 Å². The Labute approximate surface area is 111 Å². The van der Waals surface area contributed by atoms with Gasteiger partial charge in [-0.15, -0.1) is 0 Å². The molecular weight excluding hydrogens is 248 g/mol. The first-order valence-corrected chi connectivity index (χ1v) is 7.55. The second-order valence-electron chi connectivity index (χ2n) is 4.73. The summed E-state index contributed by atoms with van der Waals surface area (Å²) in [6.45, 7) is 3.55. The number of aromatic nitrogens is 2. The van der Waals surface area contributed by atoms with E-state index in [9.17, 15) is 4.79 Å². The molecule has 0 saturated carbocycles. The van der Waals surface area contributed by atoms with Crippen LogP contribution in [0, 0.1) is 0 Å². The lowest BCUT2D eigenvalue weighted by atomic mass is 10.1. The van der Waals surface area contributed by atoms with E-state index in [4.69, 9.17) is 4.98 Å². The number of anilines is 1. The molecule has 3 rings (SSSR count). The molecule has 0 bridgehead atoms. The van der Waals surface area contributed by atoms with Gasteiger partial charge in [0.25, 0.3) is 5.56 Å². The van der Waals surface area contributed by atoms with Crippen LogP contribution in [-0.2, 0) is 20.0 Å². The summed E-state index contributed by atoms with van der Waals surface area (Å²) >= 11 is 1.97. The van der Waals surface area contributed by atoms with E-state index in [1.165, 1.54) is 0 Å². The zero-order valence-corrected chi connectivity index (χ0v) is 11.4. The van der Waals surface area contributed by atoms with Crippen molar-refractivity contribution in [1.29, 1.82) is 0 Å². The summed E-state index contributed by atoms with van der Waals surface area (Å²) in [7, 11) is 1.83. The van der Waals surface area contributed by atoms with Crippen molar-refractivity contribution in [2.75, 3.05) is 36.0 Å². The topological polar surface area (TPSA) is 50.2 Å². The Morgan fingerprint density at radius 3 is 2.89 bits per heavy atom. The molecule has 0 radical (unpaired) electrons. The first-order chi connectivity index (χ1) is 8.77. The molecule has 3 heterocycles. The number of nitrogens with zero attached hydrogens (tertiary/aromatic N) is 3. The summed E-state index contributed by atoms with van der Waals surface area (Å²) in [6, 6.07) is 0. The van der Waals surface area contributed by atoms with Gasteiger partial charge in [0.15, 0.2) is 0 Å². The minimum absolute atomic E-state index is 0.112. The third-order valence-corrected chi connectivity index (χ3v) is 4.52. The van der Waals surface area contributed by atoms with Crippen LogP contribution in [0.15, 0.2) is 4.79 Å². The van der Waals surface area contributed by atoms with Crippen LogP contribution in [-0.4, -0.2) is 40.7 Å². The maximum Gasteiger partial charge on any atom is 0.259 e. The SMILES string of the molecule is Cn1c(N2CCSCC2)nc2c(c1=O)CNCC2. The minimum atomic E-state index is 0.112. The van der Waals surface area contributed by atoms with E-state index in [1.54, 1.807) is 4.57 Å². The van der Waals surface area contributed by atoms with Gasteiger partial charge in [-0.2, -0.15) is 11.8 Å². The smallest absolute Gasteiger partial charge is 0.259 e. The van der Waals surface area contributed by atoms with Gasteiger partial charge in [-0.3, -0.25) is 9.36 Å². The van der Waals surface area contributed by atoms with Crippen LogP contribution in [0.5, 0.6) is 0 Å². The summed E-state index contributed by atoms with van der Waals surface area (Å²) in [5.74, 6) is 3.09. The van der Waals surface area contributed by atoms with Crippen LogP contribution < -0.4 is 15.8 Å². The Morgan fingerprint density at radius 1 is 1.33 bits per heavy atom. The van der Waals surface area contributed by atoms with Gasteiger partial charge in [0, 0.05) is 51.2 Å². The third-order valence-electron chi connectivity index (χ3n) is 3.58. The molecule has 0 spiro atoms. The molecule has 0 amide bonds. The largest absolute Gasteiger partial charge is 0.341 e. The first-order valence-electron chi connectivity index (χ1n) is 6.39. The molecule has 0 aliphatic carbocycles. The van der Waals surface area contributed by atoms with Crippen molar-refractivity contribution in [3.05, 3.63) is 21.6 Å². The normalized spacial score (nSPS) is 19.7. The molecule has 1 aromatic rings. The summed E-state index contributed by atoms with van der Waals surface area (Å²) in [5, 5.41) is 3.24. The van der Waals surface area contributed by atoms with Crippen molar-refractivity contribution in [2.45, 2.75) is 13.0 Å². The summed E-state index contributed by atoms with van der Waals surface area (Å²) in [5.41, 5.74) is 1.95. The van der Waals surface area contributed by atoms with Crippen LogP contribution in [0.1, 0.15) is 11.3 Å². The Balaban J connectivity index is 2.04. The Kier molecular flexibility index (Phi) is 3.30. The van der Waals surface area contributed by atoms with Crippen LogP contribution in [0.2, 0.25) is 0 Å². The highest BCUT2D eigenvalue weighted by atomic mass is 32.2. The number of thioether (sulfide) groups is 1. The number of hydrogen-bond donors (Lipinski definition) is 1. The van der Waals surface area contributed by atoms with Crippen LogP contribution in [0.3, 0.4) is 0 Å². The van der Waals surface area contributed by atoms with Crippen molar-refractivity contribution in [1.82, 2.24) is 14.9 Å². The lowest BCUT2D eigenvalue weighted by Gasteiger charge is -2.30. The van der Waals surface area contributed by atoms with Gasteiger partial charge in [0.05, 0.1) is 11.3 Å². The maximum absolute atomic E-state index is 12.3. The van der Waals surface area contributed by atoms with E-state index in [2.05, 4.69) is 10.2 Å². The van der Waals surface area contributed by atoms with Gasteiger partial charge in [-0.25, -0.2) is 4.98 Å². The molecule has 0 aromatic carbocycles. The van der Waals surface area contributed by atoms with Crippen molar-refractivity contribution in [3.63, 3.8) is 0 Å². The molecule has 0 unspecified atom stereocenters. The standard InChI is InChI=1S/C12H18N4OS/c1-15-11(17)9-8-13-3-2-10(9)14-12(15)16-4-6-18-7-5-16/h13H,2-8H2,1H3. The van der Waals surface area contributed by atoms with Gasteiger partial charge >= 0.3 is 0 Å².